The van der Waals surface area contributed by atoms with Gasteiger partial charge >= 0.3 is 0 Å². The summed E-state index contributed by atoms with van der Waals surface area (Å²) >= 11 is 0. The lowest BCUT2D eigenvalue weighted by molar-refractivity contribution is -0.124. The van der Waals surface area contributed by atoms with Gasteiger partial charge in [0, 0.05) is 18.2 Å². The van der Waals surface area contributed by atoms with Crippen LogP contribution < -0.4 is 16.4 Å². The molecular weight excluding hydrogens is 242 g/mol. The topological polar surface area (TPSA) is 84.2 Å². The molecule has 0 bridgehead atoms. The average Bonchev–Trinajstić information content (AvgIpc) is 2.76. The van der Waals surface area contributed by atoms with Gasteiger partial charge in [0.25, 0.3) is 0 Å². The molecule has 0 spiro atoms. The minimum atomic E-state index is -0.194. The molecule has 1 aliphatic rings. The van der Waals surface area contributed by atoms with Gasteiger partial charge in [0.15, 0.2) is 0 Å². The van der Waals surface area contributed by atoms with Crippen molar-refractivity contribution >= 4 is 17.5 Å². The van der Waals surface area contributed by atoms with E-state index in [9.17, 15) is 9.59 Å². The highest BCUT2D eigenvalue weighted by Gasteiger charge is 2.20. The Hall–Kier alpha value is -1.88. The van der Waals surface area contributed by atoms with Crippen LogP contribution in [0.5, 0.6) is 0 Å². The number of carbonyl (C=O) groups excluding carboxylic acids is 2. The van der Waals surface area contributed by atoms with Crippen molar-refractivity contribution < 1.29 is 9.59 Å². The molecule has 5 nitrogen and oxygen atoms in total. The summed E-state index contributed by atoms with van der Waals surface area (Å²) in [6.45, 7) is 4.06. The van der Waals surface area contributed by atoms with Crippen LogP contribution in [0.2, 0.25) is 0 Å². The van der Waals surface area contributed by atoms with Crippen LogP contribution in [-0.2, 0) is 16.0 Å². The molecule has 2 unspecified atom stereocenters. The summed E-state index contributed by atoms with van der Waals surface area (Å²) < 4.78 is 0. The predicted octanol–water partition coefficient (Wildman–Crippen LogP) is 0.953. The average molecular weight is 261 g/mol. The van der Waals surface area contributed by atoms with E-state index in [0.29, 0.717) is 13.0 Å². The van der Waals surface area contributed by atoms with Crippen molar-refractivity contribution in [3.05, 3.63) is 29.3 Å². The zero-order chi connectivity index (χ0) is 14.0. The second-order valence-electron chi connectivity index (χ2n) is 5.01. The second kappa shape index (κ2) is 5.40. The molecule has 2 rings (SSSR count). The summed E-state index contributed by atoms with van der Waals surface area (Å²) in [5.74, 6) is -0.231. The quantitative estimate of drug-likeness (QED) is 0.754. The standard InChI is InChI=1S/C14H19N3O2/c1-8(7-15)14(19)16-9(2)10-3-4-12-11(5-10)6-13(18)17-12/h3-5,8-9H,6-7,15H2,1-2H3,(H,16,19)(H,17,18). The molecule has 0 aromatic heterocycles. The lowest BCUT2D eigenvalue weighted by atomic mass is 10.0. The van der Waals surface area contributed by atoms with Crippen LogP contribution in [0.3, 0.4) is 0 Å². The van der Waals surface area contributed by atoms with Crippen LogP contribution >= 0.6 is 0 Å². The molecular formula is C14H19N3O2. The smallest absolute Gasteiger partial charge is 0.228 e. The molecule has 2 atom stereocenters. The third kappa shape index (κ3) is 2.93. The molecule has 1 aromatic rings. The third-order valence-corrected chi connectivity index (χ3v) is 3.41. The zero-order valence-electron chi connectivity index (χ0n) is 11.2. The number of amides is 2. The highest BCUT2D eigenvalue weighted by Crippen LogP contribution is 2.26. The van der Waals surface area contributed by atoms with E-state index in [-0.39, 0.29) is 23.8 Å². The highest BCUT2D eigenvalue weighted by atomic mass is 16.2. The van der Waals surface area contributed by atoms with Gasteiger partial charge in [-0.15, -0.1) is 0 Å². The largest absolute Gasteiger partial charge is 0.349 e. The van der Waals surface area contributed by atoms with Gasteiger partial charge in [-0.2, -0.15) is 0 Å². The molecule has 5 heteroatoms. The summed E-state index contributed by atoms with van der Waals surface area (Å²) in [5, 5.41) is 5.71. The van der Waals surface area contributed by atoms with Gasteiger partial charge in [0.05, 0.1) is 12.5 Å². The van der Waals surface area contributed by atoms with E-state index in [2.05, 4.69) is 10.6 Å². The van der Waals surface area contributed by atoms with E-state index in [1.807, 2.05) is 25.1 Å². The Morgan fingerprint density at radius 1 is 1.47 bits per heavy atom. The first kappa shape index (κ1) is 13.5. The molecule has 102 valence electrons. The van der Waals surface area contributed by atoms with Crippen LogP contribution in [0.4, 0.5) is 5.69 Å². The van der Waals surface area contributed by atoms with Gasteiger partial charge < -0.3 is 16.4 Å². The molecule has 1 aromatic carbocycles. The van der Waals surface area contributed by atoms with Crippen molar-refractivity contribution in [2.75, 3.05) is 11.9 Å². The number of nitrogens with one attached hydrogen (secondary N) is 2. The van der Waals surface area contributed by atoms with E-state index in [1.54, 1.807) is 6.92 Å². The van der Waals surface area contributed by atoms with Crippen LogP contribution in [0, 0.1) is 5.92 Å². The number of hydrogen-bond acceptors (Lipinski definition) is 3. The fraction of sp³-hybridized carbons (Fsp3) is 0.429. The Morgan fingerprint density at radius 2 is 2.21 bits per heavy atom. The Kier molecular flexibility index (Phi) is 3.85. The van der Waals surface area contributed by atoms with Gasteiger partial charge in [-0.3, -0.25) is 9.59 Å². The molecule has 0 radical (unpaired) electrons. The van der Waals surface area contributed by atoms with E-state index in [0.717, 1.165) is 16.8 Å². The Bertz CT molecular complexity index is 513. The SMILES string of the molecule is CC(CN)C(=O)NC(C)c1ccc2c(c1)CC(=O)N2. The van der Waals surface area contributed by atoms with Crippen molar-refractivity contribution in [3.8, 4) is 0 Å². The number of rotatable bonds is 4. The molecule has 0 saturated heterocycles. The summed E-state index contributed by atoms with van der Waals surface area (Å²) in [4.78, 5) is 23.1. The second-order valence-corrected chi connectivity index (χ2v) is 5.01. The van der Waals surface area contributed by atoms with Gasteiger partial charge in [0.2, 0.25) is 11.8 Å². The number of hydrogen-bond donors (Lipinski definition) is 3. The number of carbonyl (C=O) groups is 2. The van der Waals surface area contributed by atoms with Gasteiger partial charge in [0.1, 0.15) is 0 Å². The Balaban J connectivity index is 2.08. The van der Waals surface area contributed by atoms with E-state index >= 15 is 0 Å². The van der Waals surface area contributed by atoms with Crippen molar-refractivity contribution in [3.63, 3.8) is 0 Å². The molecule has 19 heavy (non-hydrogen) atoms. The zero-order valence-corrected chi connectivity index (χ0v) is 11.2. The fourth-order valence-electron chi connectivity index (χ4n) is 2.06. The molecule has 0 aliphatic carbocycles. The number of nitrogens with two attached hydrogens (primary N) is 1. The molecule has 1 aliphatic heterocycles. The van der Waals surface area contributed by atoms with Crippen molar-refractivity contribution in [2.45, 2.75) is 26.3 Å². The molecule has 0 fully saturated rings. The first-order valence-corrected chi connectivity index (χ1v) is 6.44. The number of anilines is 1. The van der Waals surface area contributed by atoms with Gasteiger partial charge in [-0.25, -0.2) is 0 Å². The number of fused-ring (bicyclic) bond motifs is 1. The summed E-state index contributed by atoms with van der Waals surface area (Å²) in [5.41, 5.74) is 8.31. The van der Waals surface area contributed by atoms with E-state index in [1.165, 1.54) is 0 Å². The maximum atomic E-state index is 11.8. The lowest BCUT2D eigenvalue weighted by Gasteiger charge is -2.17. The first-order valence-electron chi connectivity index (χ1n) is 6.44. The van der Waals surface area contributed by atoms with Crippen molar-refractivity contribution in [1.82, 2.24) is 5.32 Å². The lowest BCUT2D eigenvalue weighted by Crippen LogP contribution is -2.34. The maximum absolute atomic E-state index is 11.8. The van der Waals surface area contributed by atoms with Crippen LogP contribution in [0.15, 0.2) is 18.2 Å². The van der Waals surface area contributed by atoms with Crippen molar-refractivity contribution in [2.24, 2.45) is 11.7 Å². The monoisotopic (exact) mass is 261 g/mol. The molecule has 4 N–H and O–H groups in total. The third-order valence-electron chi connectivity index (χ3n) is 3.41. The first-order chi connectivity index (χ1) is 9.01. The highest BCUT2D eigenvalue weighted by molar-refractivity contribution is 5.99. The Labute approximate surface area is 112 Å². The fourth-order valence-corrected chi connectivity index (χ4v) is 2.06. The summed E-state index contributed by atoms with van der Waals surface area (Å²) in [7, 11) is 0. The minimum Gasteiger partial charge on any atom is -0.349 e. The van der Waals surface area contributed by atoms with Gasteiger partial charge in [-0.1, -0.05) is 19.1 Å². The Morgan fingerprint density at radius 3 is 2.89 bits per heavy atom. The minimum absolute atomic E-state index is 0.0144. The molecule has 0 saturated carbocycles. The summed E-state index contributed by atoms with van der Waals surface area (Å²) in [6.07, 6.45) is 0.406. The molecule has 1 heterocycles. The van der Waals surface area contributed by atoms with Crippen molar-refractivity contribution in [1.29, 1.82) is 0 Å². The normalized spacial score (nSPS) is 16.5. The van der Waals surface area contributed by atoms with Crippen LogP contribution in [0.1, 0.15) is 31.0 Å². The van der Waals surface area contributed by atoms with Crippen LogP contribution in [0.25, 0.3) is 0 Å². The van der Waals surface area contributed by atoms with E-state index in [4.69, 9.17) is 5.73 Å². The van der Waals surface area contributed by atoms with Gasteiger partial charge in [-0.05, 0) is 24.1 Å². The molecule has 2 amide bonds. The van der Waals surface area contributed by atoms with Crippen LogP contribution in [-0.4, -0.2) is 18.4 Å². The number of benzene rings is 1. The van der Waals surface area contributed by atoms with E-state index < -0.39 is 0 Å². The predicted molar refractivity (Wildman–Crippen MR) is 73.6 cm³/mol. The summed E-state index contributed by atoms with van der Waals surface area (Å²) in [6, 6.07) is 5.67. The maximum Gasteiger partial charge on any atom is 0.228 e.